The predicted octanol–water partition coefficient (Wildman–Crippen LogP) is 4.07. The molecule has 3 heteroatoms. The summed E-state index contributed by atoms with van der Waals surface area (Å²) in [5, 5.41) is 12.7. The molecule has 0 radical (unpaired) electrons. The van der Waals surface area contributed by atoms with E-state index in [0.29, 0.717) is 6.42 Å². The van der Waals surface area contributed by atoms with Gasteiger partial charge in [-0.2, -0.15) is 5.26 Å². The van der Waals surface area contributed by atoms with E-state index in [0.717, 1.165) is 16.8 Å². The summed E-state index contributed by atoms with van der Waals surface area (Å²) < 4.78 is 12.9. The van der Waals surface area contributed by atoms with Crippen LogP contribution in [0.25, 0.3) is 0 Å². The van der Waals surface area contributed by atoms with Crippen molar-refractivity contribution in [3.63, 3.8) is 0 Å². The van der Waals surface area contributed by atoms with Gasteiger partial charge in [0.25, 0.3) is 0 Å². The fraction of sp³-hybridized carbons (Fsp3) is 0.235. The Balaban J connectivity index is 2.19. The molecule has 0 fully saturated rings. The van der Waals surface area contributed by atoms with Crippen LogP contribution in [-0.4, -0.2) is 5.54 Å². The lowest BCUT2D eigenvalue weighted by molar-refractivity contribution is 0.620. The molecule has 2 rings (SSSR count). The lowest BCUT2D eigenvalue weighted by Crippen LogP contribution is -2.35. The number of aryl methyl sites for hydroxylation is 1. The zero-order chi connectivity index (χ0) is 14.6. The van der Waals surface area contributed by atoms with Crippen LogP contribution in [0.5, 0.6) is 0 Å². The van der Waals surface area contributed by atoms with E-state index in [1.54, 1.807) is 12.1 Å². The van der Waals surface area contributed by atoms with Gasteiger partial charge in [0.05, 0.1) is 6.07 Å². The minimum absolute atomic E-state index is 0.265. The van der Waals surface area contributed by atoms with Gasteiger partial charge in [-0.3, -0.25) is 0 Å². The van der Waals surface area contributed by atoms with E-state index in [4.69, 9.17) is 0 Å². The molecule has 0 amide bonds. The smallest absolute Gasteiger partial charge is 0.126 e. The van der Waals surface area contributed by atoms with Crippen LogP contribution in [-0.2, 0) is 6.42 Å². The average Bonchev–Trinajstić information content (AvgIpc) is 2.44. The number of hydrogen-bond acceptors (Lipinski definition) is 2. The van der Waals surface area contributed by atoms with Crippen LogP contribution in [0.2, 0.25) is 0 Å². The van der Waals surface area contributed by atoms with Crippen molar-refractivity contribution < 1.29 is 4.39 Å². The van der Waals surface area contributed by atoms with Crippen LogP contribution in [0.3, 0.4) is 0 Å². The first-order valence-electron chi connectivity index (χ1n) is 6.52. The van der Waals surface area contributed by atoms with Gasteiger partial charge in [-0.05, 0) is 43.2 Å². The van der Waals surface area contributed by atoms with Crippen LogP contribution in [0.15, 0.2) is 48.5 Å². The lowest BCUT2D eigenvalue weighted by atomic mass is 9.93. The fourth-order valence-electron chi connectivity index (χ4n) is 2.13. The Hall–Kier alpha value is -2.34. The van der Waals surface area contributed by atoms with Crippen molar-refractivity contribution in [1.82, 2.24) is 0 Å². The Bertz CT molecular complexity index is 628. The zero-order valence-corrected chi connectivity index (χ0v) is 11.7. The molecule has 102 valence electrons. The number of para-hydroxylation sites is 1. The minimum atomic E-state index is -0.732. The van der Waals surface area contributed by atoms with E-state index in [-0.39, 0.29) is 5.82 Å². The average molecular weight is 268 g/mol. The van der Waals surface area contributed by atoms with Gasteiger partial charge in [-0.25, -0.2) is 4.39 Å². The summed E-state index contributed by atoms with van der Waals surface area (Å²) in [5.41, 5.74) is 2.23. The summed E-state index contributed by atoms with van der Waals surface area (Å²) in [7, 11) is 0. The molecule has 0 saturated heterocycles. The van der Waals surface area contributed by atoms with Crippen molar-refractivity contribution in [2.75, 3.05) is 5.32 Å². The maximum Gasteiger partial charge on any atom is 0.126 e. The van der Waals surface area contributed by atoms with Crippen molar-refractivity contribution in [2.24, 2.45) is 0 Å². The van der Waals surface area contributed by atoms with Crippen molar-refractivity contribution in [3.05, 3.63) is 65.5 Å². The molecule has 0 heterocycles. The predicted molar refractivity (Wildman–Crippen MR) is 78.9 cm³/mol. The van der Waals surface area contributed by atoms with Crippen LogP contribution in [0, 0.1) is 24.1 Å². The van der Waals surface area contributed by atoms with Crippen LogP contribution in [0.4, 0.5) is 10.1 Å². The number of rotatable bonds is 4. The maximum absolute atomic E-state index is 12.9. The third-order valence-corrected chi connectivity index (χ3v) is 3.27. The summed E-state index contributed by atoms with van der Waals surface area (Å²) in [4.78, 5) is 0. The van der Waals surface area contributed by atoms with Crippen molar-refractivity contribution >= 4 is 5.69 Å². The van der Waals surface area contributed by atoms with Crippen LogP contribution < -0.4 is 5.32 Å². The molecule has 2 aromatic rings. The van der Waals surface area contributed by atoms with Crippen molar-refractivity contribution in [1.29, 1.82) is 5.26 Å². The minimum Gasteiger partial charge on any atom is -0.367 e. The lowest BCUT2D eigenvalue weighted by Gasteiger charge is -2.25. The molecule has 0 aliphatic rings. The van der Waals surface area contributed by atoms with Gasteiger partial charge in [-0.15, -0.1) is 0 Å². The number of anilines is 1. The Morgan fingerprint density at radius 2 is 1.80 bits per heavy atom. The highest BCUT2D eigenvalue weighted by molar-refractivity contribution is 5.53. The number of nitrogens with one attached hydrogen (secondary N) is 1. The zero-order valence-electron chi connectivity index (χ0n) is 11.7. The van der Waals surface area contributed by atoms with Crippen LogP contribution >= 0.6 is 0 Å². The van der Waals surface area contributed by atoms with Gasteiger partial charge < -0.3 is 5.32 Å². The number of nitrogens with zero attached hydrogens (tertiary/aromatic N) is 1. The summed E-state index contributed by atoms with van der Waals surface area (Å²) >= 11 is 0. The van der Waals surface area contributed by atoms with E-state index in [1.165, 1.54) is 12.1 Å². The Morgan fingerprint density at radius 1 is 1.15 bits per heavy atom. The fourth-order valence-corrected chi connectivity index (χ4v) is 2.13. The summed E-state index contributed by atoms with van der Waals surface area (Å²) in [6.45, 7) is 3.85. The molecule has 0 aromatic heterocycles. The molecule has 2 nitrogen and oxygen atoms in total. The van der Waals surface area contributed by atoms with Gasteiger partial charge in [-0.1, -0.05) is 30.3 Å². The molecule has 0 bridgehead atoms. The first-order chi connectivity index (χ1) is 9.52. The molecule has 2 aromatic carbocycles. The highest BCUT2D eigenvalue weighted by Crippen LogP contribution is 2.22. The number of nitriles is 1. The van der Waals surface area contributed by atoms with Gasteiger partial charge in [0.15, 0.2) is 0 Å². The number of benzene rings is 2. The van der Waals surface area contributed by atoms with E-state index < -0.39 is 5.54 Å². The molecule has 20 heavy (non-hydrogen) atoms. The molecular formula is C17H17FN2. The Labute approximate surface area is 118 Å². The van der Waals surface area contributed by atoms with Crippen molar-refractivity contribution in [3.8, 4) is 6.07 Å². The second kappa shape index (κ2) is 5.75. The molecule has 0 saturated carbocycles. The third kappa shape index (κ3) is 3.36. The second-order valence-corrected chi connectivity index (χ2v) is 5.19. The molecule has 0 spiro atoms. The monoisotopic (exact) mass is 268 g/mol. The molecular weight excluding hydrogens is 251 g/mol. The number of halogens is 1. The third-order valence-electron chi connectivity index (χ3n) is 3.27. The highest BCUT2D eigenvalue weighted by Gasteiger charge is 2.24. The summed E-state index contributed by atoms with van der Waals surface area (Å²) in [5.74, 6) is -0.265. The van der Waals surface area contributed by atoms with Gasteiger partial charge >= 0.3 is 0 Å². The molecule has 0 aliphatic heterocycles. The maximum atomic E-state index is 12.9. The van der Waals surface area contributed by atoms with Gasteiger partial charge in [0, 0.05) is 12.1 Å². The standard InChI is InChI=1S/C17H17FN2/c1-13-5-3-4-6-16(13)20-17(2,12-19)11-14-7-9-15(18)10-8-14/h3-10,20H,11H2,1-2H3. The molecule has 1 atom stereocenters. The van der Waals surface area contributed by atoms with E-state index in [1.807, 2.05) is 38.1 Å². The summed E-state index contributed by atoms with van der Waals surface area (Å²) in [6, 6.07) is 16.4. The van der Waals surface area contributed by atoms with E-state index >= 15 is 0 Å². The quantitative estimate of drug-likeness (QED) is 0.907. The first kappa shape index (κ1) is 14.1. The highest BCUT2D eigenvalue weighted by atomic mass is 19.1. The Kier molecular flexibility index (Phi) is 4.05. The van der Waals surface area contributed by atoms with Gasteiger partial charge in [0.2, 0.25) is 0 Å². The molecule has 0 aliphatic carbocycles. The first-order valence-corrected chi connectivity index (χ1v) is 6.52. The molecule has 1 unspecified atom stereocenters. The topological polar surface area (TPSA) is 35.8 Å². The van der Waals surface area contributed by atoms with Crippen LogP contribution in [0.1, 0.15) is 18.1 Å². The Morgan fingerprint density at radius 3 is 2.40 bits per heavy atom. The molecule has 1 N–H and O–H groups in total. The largest absolute Gasteiger partial charge is 0.367 e. The SMILES string of the molecule is Cc1ccccc1NC(C)(C#N)Cc1ccc(F)cc1. The van der Waals surface area contributed by atoms with Gasteiger partial charge in [0.1, 0.15) is 11.4 Å². The number of hydrogen-bond donors (Lipinski definition) is 1. The van der Waals surface area contributed by atoms with Crippen molar-refractivity contribution in [2.45, 2.75) is 25.8 Å². The second-order valence-electron chi connectivity index (χ2n) is 5.19. The van der Waals surface area contributed by atoms with E-state index in [2.05, 4.69) is 11.4 Å². The normalized spacial score (nSPS) is 13.3. The summed E-state index contributed by atoms with van der Waals surface area (Å²) in [6.07, 6.45) is 0.512. The van der Waals surface area contributed by atoms with E-state index in [9.17, 15) is 9.65 Å².